The average Bonchev–Trinajstić information content (AvgIpc) is 3.08. The van der Waals surface area contributed by atoms with Crippen LogP contribution in [-0.2, 0) is 0 Å². The van der Waals surface area contributed by atoms with Crippen molar-refractivity contribution < 1.29 is 39.6 Å². The van der Waals surface area contributed by atoms with Crippen molar-refractivity contribution in [2.75, 3.05) is 13.1 Å². The second kappa shape index (κ2) is 15.1. The van der Waals surface area contributed by atoms with Crippen molar-refractivity contribution in [2.24, 2.45) is 0 Å². The normalized spacial score (nSPS) is 12.2. The molecule has 32 heavy (non-hydrogen) atoms. The van der Waals surface area contributed by atoms with Crippen LogP contribution in [0, 0.1) is 0 Å². The second-order valence-corrected chi connectivity index (χ2v) is 6.54. The first-order chi connectivity index (χ1) is 14.7. The quantitative estimate of drug-likeness (QED) is 0.403. The summed E-state index contributed by atoms with van der Waals surface area (Å²) in [6.07, 6.45) is 5.65. The predicted molar refractivity (Wildman–Crippen MR) is 117 cm³/mol. The highest BCUT2D eigenvalue weighted by Crippen LogP contribution is 2.05. The standard InChI is InChI=1S/2C8H6O4.C6H13N.H3N/c9-7(10)5-1-2-6(4-3-5)8(11)12;9-7(10)5-2-1-3-6(4-5)8(11)12;1-2-4-6-7-5-3-1;/h2*1-4H,(H,9,10)(H,11,12);7H,1-6H2;1H3. The lowest BCUT2D eigenvalue weighted by Gasteiger charge is -1.95. The Balaban J connectivity index is 0.000000459. The molecule has 0 bridgehead atoms. The lowest BCUT2D eigenvalue weighted by atomic mass is 10.1. The molecule has 1 saturated heterocycles. The zero-order chi connectivity index (χ0) is 23.2. The molecule has 0 aliphatic carbocycles. The first-order valence-corrected chi connectivity index (χ1v) is 9.56. The van der Waals surface area contributed by atoms with E-state index in [9.17, 15) is 19.2 Å². The second-order valence-electron chi connectivity index (χ2n) is 6.54. The lowest BCUT2D eigenvalue weighted by Crippen LogP contribution is -2.12. The van der Waals surface area contributed by atoms with Crippen LogP contribution in [0.15, 0.2) is 48.5 Å². The number of hydrogen-bond acceptors (Lipinski definition) is 6. The molecule has 0 amide bonds. The molecule has 3 rings (SSSR count). The van der Waals surface area contributed by atoms with Crippen LogP contribution >= 0.6 is 0 Å². The SMILES string of the molecule is C1CCCNCC1.N.O=C(O)c1ccc(C(=O)O)cc1.O=C(O)c1cccc(C(=O)O)c1. The van der Waals surface area contributed by atoms with Gasteiger partial charge in [0.25, 0.3) is 0 Å². The maximum Gasteiger partial charge on any atom is 0.335 e. The van der Waals surface area contributed by atoms with E-state index in [0.717, 1.165) is 6.07 Å². The van der Waals surface area contributed by atoms with Gasteiger partial charge in [-0.25, -0.2) is 19.2 Å². The smallest absolute Gasteiger partial charge is 0.335 e. The van der Waals surface area contributed by atoms with Gasteiger partial charge >= 0.3 is 23.9 Å². The van der Waals surface area contributed by atoms with Gasteiger partial charge in [0.15, 0.2) is 0 Å². The average molecular weight is 448 g/mol. The molecule has 174 valence electrons. The van der Waals surface area contributed by atoms with Gasteiger partial charge in [-0.2, -0.15) is 0 Å². The first-order valence-electron chi connectivity index (χ1n) is 9.56. The van der Waals surface area contributed by atoms with Gasteiger partial charge in [-0.3, -0.25) is 0 Å². The molecule has 0 aromatic heterocycles. The van der Waals surface area contributed by atoms with Crippen molar-refractivity contribution in [1.29, 1.82) is 0 Å². The maximum atomic E-state index is 10.4. The molecule has 0 radical (unpaired) electrons. The van der Waals surface area contributed by atoms with Crippen molar-refractivity contribution in [1.82, 2.24) is 11.5 Å². The van der Waals surface area contributed by atoms with E-state index in [1.165, 1.54) is 81.2 Å². The van der Waals surface area contributed by atoms with Crippen LogP contribution in [0.3, 0.4) is 0 Å². The monoisotopic (exact) mass is 448 g/mol. The van der Waals surface area contributed by atoms with Gasteiger partial charge in [-0.05, 0) is 68.4 Å². The molecule has 0 saturated carbocycles. The fourth-order valence-corrected chi connectivity index (χ4v) is 2.52. The number of benzene rings is 2. The molecule has 1 aliphatic rings. The number of carbonyl (C=O) groups is 4. The van der Waals surface area contributed by atoms with E-state index >= 15 is 0 Å². The summed E-state index contributed by atoms with van der Waals surface area (Å²) in [5, 5.41) is 37.3. The topological polar surface area (TPSA) is 196 Å². The Kier molecular flexibility index (Phi) is 13.3. The Bertz CT molecular complexity index is 815. The fraction of sp³-hybridized carbons (Fsp3) is 0.273. The minimum Gasteiger partial charge on any atom is -0.478 e. The molecule has 1 aliphatic heterocycles. The fourth-order valence-electron chi connectivity index (χ4n) is 2.52. The zero-order valence-corrected chi connectivity index (χ0v) is 17.5. The Hall–Kier alpha value is -3.76. The molecule has 1 fully saturated rings. The van der Waals surface area contributed by atoms with Gasteiger partial charge in [-0.1, -0.05) is 18.9 Å². The van der Waals surface area contributed by atoms with Crippen LogP contribution in [-0.4, -0.2) is 57.4 Å². The molecule has 10 heteroatoms. The van der Waals surface area contributed by atoms with Gasteiger partial charge in [0, 0.05) is 0 Å². The summed E-state index contributed by atoms with van der Waals surface area (Å²) < 4.78 is 0. The van der Waals surface area contributed by atoms with E-state index in [-0.39, 0.29) is 28.4 Å². The van der Waals surface area contributed by atoms with Crippen LogP contribution in [0.25, 0.3) is 0 Å². The van der Waals surface area contributed by atoms with Gasteiger partial charge in [0.1, 0.15) is 0 Å². The molecule has 0 unspecified atom stereocenters. The molecule has 8 N–H and O–H groups in total. The van der Waals surface area contributed by atoms with Crippen molar-refractivity contribution in [2.45, 2.75) is 25.7 Å². The summed E-state index contributed by atoms with van der Waals surface area (Å²) in [5.41, 5.74) is 0.129. The third-order valence-corrected chi connectivity index (χ3v) is 4.19. The Morgan fingerprint density at radius 1 is 0.562 bits per heavy atom. The highest BCUT2D eigenvalue weighted by molar-refractivity contribution is 5.93. The molecular formula is C22H28N2O8. The van der Waals surface area contributed by atoms with Gasteiger partial charge in [0.05, 0.1) is 22.3 Å². The molecule has 0 spiro atoms. The highest BCUT2D eigenvalue weighted by atomic mass is 16.4. The van der Waals surface area contributed by atoms with Crippen molar-refractivity contribution in [3.05, 3.63) is 70.8 Å². The molecule has 2 aromatic carbocycles. The van der Waals surface area contributed by atoms with Crippen molar-refractivity contribution >= 4 is 23.9 Å². The zero-order valence-electron chi connectivity index (χ0n) is 17.5. The first kappa shape index (κ1) is 28.2. The molecule has 2 aromatic rings. The number of rotatable bonds is 4. The minimum absolute atomic E-state index is 0. The molecule has 0 atom stereocenters. The maximum absolute atomic E-state index is 10.4. The van der Waals surface area contributed by atoms with Crippen LogP contribution < -0.4 is 11.5 Å². The number of nitrogens with one attached hydrogen (secondary N) is 1. The summed E-state index contributed by atoms with van der Waals surface area (Å²) in [6, 6.07) is 10.2. The summed E-state index contributed by atoms with van der Waals surface area (Å²) in [6.45, 7) is 2.50. The van der Waals surface area contributed by atoms with Crippen LogP contribution in [0.5, 0.6) is 0 Å². The van der Waals surface area contributed by atoms with Gasteiger partial charge in [-0.15, -0.1) is 0 Å². The van der Waals surface area contributed by atoms with E-state index in [2.05, 4.69) is 5.32 Å². The molecule has 1 heterocycles. The Labute approximate surface area is 185 Å². The highest BCUT2D eigenvalue weighted by Gasteiger charge is 2.07. The van der Waals surface area contributed by atoms with Crippen molar-refractivity contribution in [3.63, 3.8) is 0 Å². The number of aromatic carboxylic acids is 4. The van der Waals surface area contributed by atoms with E-state index in [1.807, 2.05) is 0 Å². The third kappa shape index (κ3) is 10.9. The van der Waals surface area contributed by atoms with Gasteiger partial charge in [0.2, 0.25) is 0 Å². The Morgan fingerprint density at radius 2 is 0.906 bits per heavy atom. The van der Waals surface area contributed by atoms with Crippen LogP contribution in [0.1, 0.15) is 67.1 Å². The van der Waals surface area contributed by atoms with E-state index in [1.54, 1.807) is 0 Å². The van der Waals surface area contributed by atoms with E-state index in [4.69, 9.17) is 20.4 Å². The lowest BCUT2D eigenvalue weighted by molar-refractivity contribution is 0.0681. The minimum atomic E-state index is -1.13. The third-order valence-electron chi connectivity index (χ3n) is 4.19. The predicted octanol–water partition coefficient (Wildman–Crippen LogP) is 3.48. The van der Waals surface area contributed by atoms with Crippen LogP contribution in [0.4, 0.5) is 0 Å². The largest absolute Gasteiger partial charge is 0.478 e. The molecule has 10 nitrogen and oxygen atoms in total. The summed E-state index contributed by atoms with van der Waals surface area (Å²) in [4.78, 5) is 41.4. The van der Waals surface area contributed by atoms with Gasteiger partial charge < -0.3 is 31.9 Å². The summed E-state index contributed by atoms with van der Waals surface area (Å²) in [7, 11) is 0. The number of carboxylic acid groups (broad SMARTS) is 4. The van der Waals surface area contributed by atoms with Crippen LogP contribution in [0.2, 0.25) is 0 Å². The summed E-state index contributed by atoms with van der Waals surface area (Å²) >= 11 is 0. The number of hydrogen-bond donors (Lipinski definition) is 6. The number of carboxylic acids is 4. The summed E-state index contributed by atoms with van der Waals surface area (Å²) in [5.74, 6) is -4.38. The van der Waals surface area contributed by atoms with Crippen molar-refractivity contribution in [3.8, 4) is 0 Å². The molecular weight excluding hydrogens is 420 g/mol. The van der Waals surface area contributed by atoms with E-state index in [0.29, 0.717) is 0 Å². The Morgan fingerprint density at radius 3 is 1.22 bits per heavy atom. The van der Waals surface area contributed by atoms with E-state index < -0.39 is 23.9 Å².